The van der Waals surface area contributed by atoms with E-state index in [0.717, 1.165) is 10.3 Å². The molecule has 0 atom stereocenters. The van der Waals surface area contributed by atoms with Crippen LogP contribution in [-0.4, -0.2) is 30.0 Å². The fourth-order valence-corrected chi connectivity index (χ4v) is 1.62. The van der Waals surface area contributed by atoms with E-state index >= 15 is 0 Å². The van der Waals surface area contributed by atoms with E-state index in [0.29, 0.717) is 19.8 Å². The Balaban J connectivity index is 4.76. The van der Waals surface area contributed by atoms with Crippen molar-refractivity contribution in [3.63, 3.8) is 0 Å². The van der Waals surface area contributed by atoms with E-state index in [9.17, 15) is 0 Å². The van der Waals surface area contributed by atoms with E-state index in [1.54, 1.807) is 0 Å². The van der Waals surface area contributed by atoms with Crippen LogP contribution < -0.4 is 0 Å². The fraction of sp³-hybridized carbons (Fsp3) is 0.750. The minimum absolute atomic E-state index is 0.434. The van der Waals surface area contributed by atoms with Crippen molar-refractivity contribution in [1.82, 2.24) is 0 Å². The van der Waals surface area contributed by atoms with Crippen LogP contribution in [0, 0.1) is 0 Å². The third-order valence-corrected chi connectivity index (χ3v) is 2.30. The molecule has 0 N–H and O–H groups in total. The first kappa shape index (κ1) is 15.9. The van der Waals surface area contributed by atoms with E-state index in [1.807, 2.05) is 40.7 Å². The molecule has 0 aliphatic heterocycles. The number of ether oxygens (including phenoxy) is 3. The van der Waals surface area contributed by atoms with Gasteiger partial charge in [0.15, 0.2) is 0 Å². The van der Waals surface area contributed by atoms with Crippen molar-refractivity contribution in [2.75, 3.05) is 19.8 Å². The summed E-state index contributed by atoms with van der Waals surface area (Å²) in [5.74, 6) is 0.777. The molecular formula is C12H22CrO3. The van der Waals surface area contributed by atoms with Gasteiger partial charge in [0.1, 0.15) is 0 Å². The second kappa shape index (κ2) is 8.03. The molecule has 3 nitrogen and oxygen atoms in total. The van der Waals surface area contributed by atoms with E-state index in [4.69, 9.17) is 14.2 Å². The number of hydrogen-bond donors (Lipinski definition) is 0. The third kappa shape index (κ3) is 5.81. The maximum atomic E-state index is 5.65. The Labute approximate surface area is 107 Å². The van der Waals surface area contributed by atoms with E-state index in [-0.39, 0.29) is 0 Å². The van der Waals surface area contributed by atoms with Crippen LogP contribution in [-0.2, 0) is 30.1 Å². The molecule has 0 amide bonds. The average Bonchev–Trinajstić information content (AvgIpc) is 2.17. The molecule has 0 bridgehead atoms. The van der Waals surface area contributed by atoms with Gasteiger partial charge in [0.05, 0.1) is 0 Å². The third-order valence-electron chi connectivity index (χ3n) is 1.93. The summed E-state index contributed by atoms with van der Waals surface area (Å²) in [6.45, 7) is 11.7. The summed E-state index contributed by atoms with van der Waals surface area (Å²) in [5.41, 5.74) is -0.434. The van der Waals surface area contributed by atoms with Gasteiger partial charge in [-0.15, -0.1) is 0 Å². The molecule has 16 heavy (non-hydrogen) atoms. The molecule has 0 aliphatic rings. The van der Waals surface area contributed by atoms with Gasteiger partial charge < -0.3 is 0 Å². The first-order chi connectivity index (χ1) is 7.47. The van der Waals surface area contributed by atoms with E-state index < -0.39 is 5.60 Å². The quantitative estimate of drug-likeness (QED) is 0.632. The first-order valence-corrected chi connectivity index (χ1v) is 6.27. The Morgan fingerprint density at radius 3 is 2.06 bits per heavy atom. The molecule has 0 aliphatic carbocycles. The van der Waals surface area contributed by atoms with Crippen molar-refractivity contribution in [3.05, 3.63) is 11.8 Å². The van der Waals surface area contributed by atoms with Gasteiger partial charge in [-0.05, 0) is 0 Å². The zero-order valence-corrected chi connectivity index (χ0v) is 12.1. The zero-order valence-electron chi connectivity index (χ0n) is 10.8. The summed E-state index contributed by atoms with van der Waals surface area (Å²) in [6.07, 6.45) is 1.85. The van der Waals surface area contributed by atoms with Crippen LogP contribution in [0.4, 0.5) is 0 Å². The average molecular weight is 266 g/mol. The van der Waals surface area contributed by atoms with Crippen LogP contribution in [0.1, 0.15) is 34.6 Å². The Bertz CT molecular complexity index is 247. The monoisotopic (exact) mass is 266 g/mol. The number of hydrogen-bond acceptors (Lipinski definition) is 3. The summed E-state index contributed by atoms with van der Waals surface area (Å²) in [5, 5.41) is 0. The number of rotatable bonds is 8. The van der Waals surface area contributed by atoms with E-state index in [2.05, 4.69) is 15.9 Å². The van der Waals surface area contributed by atoms with Gasteiger partial charge in [0, 0.05) is 0 Å². The zero-order chi connectivity index (χ0) is 12.6. The molecule has 0 aromatic carbocycles. The fourth-order valence-electron chi connectivity index (χ4n) is 1.27. The van der Waals surface area contributed by atoms with Gasteiger partial charge in [-0.25, -0.2) is 0 Å². The standard InChI is InChI=1S/C12H22O3.Cr/c1-6-13-10-9-11(14-7-2)12(4,5)15-8-3;/h9H,6-8H2,1-5H3;/b11-9-;. The molecule has 0 fully saturated rings. The van der Waals surface area contributed by atoms with Crippen LogP contribution in [0.2, 0.25) is 0 Å². The predicted molar refractivity (Wildman–Crippen MR) is 62.0 cm³/mol. The molecule has 0 aromatic heterocycles. The van der Waals surface area contributed by atoms with Crippen molar-refractivity contribution in [1.29, 1.82) is 0 Å². The molecule has 0 aromatic rings. The van der Waals surface area contributed by atoms with Crippen molar-refractivity contribution in [2.45, 2.75) is 40.2 Å². The van der Waals surface area contributed by atoms with Crippen molar-refractivity contribution < 1.29 is 30.1 Å². The molecule has 0 rings (SSSR count). The molecule has 94 valence electrons. The summed E-state index contributed by atoms with van der Waals surface area (Å²) in [7, 11) is 0. The maximum absolute atomic E-state index is 5.65. The minimum atomic E-state index is -0.434. The van der Waals surface area contributed by atoms with Gasteiger partial charge in [-0.3, -0.25) is 0 Å². The molecule has 0 saturated carbocycles. The van der Waals surface area contributed by atoms with Crippen molar-refractivity contribution in [3.8, 4) is 0 Å². The summed E-state index contributed by atoms with van der Waals surface area (Å²) < 4.78 is 17.3. The normalized spacial score (nSPS) is 12.7. The van der Waals surface area contributed by atoms with Gasteiger partial charge in [0.25, 0.3) is 0 Å². The van der Waals surface area contributed by atoms with Gasteiger partial charge in [0.2, 0.25) is 0 Å². The Morgan fingerprint density at radius 2 is 1.62 bits per heavy atom. The second-order valence-corrected chi connectivity index (χ2v) is 4.27. The molecular weight excluding hydrogens is 244 g/mol. The van der Waals surface area contributed by atoms with E-state index in [1.165, 1.54) is 0 Å². The SMILES string of the molecule is CCO[C](=[Cr])/C=C(\OCC)C(C)(C)OCC. The first-order valence-electron chi connectivity index (χ1n) is 5.63. The van der Waals surface area contributed by atoms with Gasteiger partial charge in [-0.1, -0.05) is 0 Å². The summed E-state index contributed by atoms with van der Waals surface area (Å²) in [4.78, 5) is 0. The Hall–Kier alpha value is -0.138. The molecule has 0 heterocycles. The molecule has 4 heteroatoms. The van der Waals surface area contributed by atoms with Crippen LogP contribution >= 0.6 is 0 Å². The summed E-state index contributed by atoms with van der Waals surface area (Å²) >= 11 is 2.86. The van der Waals surface area contributed by atoms with Crippen LogP contribution in [0.15, 0.2) is 11.8 Å². The molecule has 0 spiro atoms. The van der Waals surface area contributed by atoms with Gasteiger partial charge >= 0.3 is 107 Å². The van der Waals surface area contributed by atoms with Crippen molar-refractivity contribution in [2.24, 2.45) is 0 Å². The Kier molecular flexibility index (Phi) is 7.96. The van der Waals surface area contributed by atoms with Crippen LogP contribution in [0.25, 0.3) is 0 Å². The van der Waals surface area contributed by atoms with Crippen molar-refractivity contribution >= 4 is 4.57 Å². The topological polar surface area (TPSA) is 27.7 Å². The molecule has 0 radical (unpaired) electrons. The molecule has 0 saturated heterocycles. The van der Waals surface area contributed by atoms with Crippen LogP contribution in [0.5, 0.6) is 0 Å². The summed E-state index contributed by atoms with van der Waals surface area (Å²) in [6, 6.07) is 0. The van der Waals surface area contributed by atoms with Crippen LogP contribution in [0.3, 0.4) is 0 Å². The predicted octanol–water partition coefficient (Wildman–Crippen LogP) is 2.44. The molecule has 0 unspecified atom stereocenters. The second-order valence-electron chi connectivity index (χ2n) is 3.64. The Morgan fingerprint density at radius 1 is 1.06 bits per heavy atom. The van der Waals surface area contributed by atoms with Gasteiger partial charge in [-0.2, -0.15) is 0 Å².